The smallest absolute Gasteiger partial charge is 0.123 e. The van der Waals surface area contributed by atoms with Gasteiger partial charge in [-0.05, 0) is 50.2 Å². The number of benzene rings is 1. The molecule has 0 amide bonds. The van der Waals surface area contributed by atoms with Gasteiger partial charge in [-0.2, -0.15) is 11.8 Å². The highest BCUT2D eigenvalue weighted by Crippen LogP contribution is 2.22. The van der Waals surface area contributed by atoms with Crippen LogP contribution >= 0.6 is 11.8 Å². The molecule has 0 unspecified atom stereocenters. The average Bonchev–Trinajstić information content (AvgIpc) is 2.29. The second kappa shape index (κ2) is 7.45. The largest absolute Gasteiger partial charge is 0.496 e. The molecule has 0 fully saturated rings. The van der Waals surface area contributed by atoms with Crippen LogP contribution in [0.3, 0.4) is 0 Å². The van der Waals surface area contributed by atoms with E-state index in [2.05, 4.69) is 18.2 Å². The fraction of sp³-hybridized carbons (Fsp3) is 0.538. The van der Waals surface area contributed by atoms with Gasteiger partial charge in [0.1, 0.15) is 5.75 Å². The van der Waals surface area contributed by atoms with Crippen molar-refractivity contribution >= 4 is 17.4 Å². The zero-order chi connectivity index (χ0) is 12.7. The van der Waals surface area contributed by atoms with Crippen molar-refractivity contribution in [1.29, 1.82) is 0 Å². The Hall–Kier alpha value is -0.870. The van der Waals surface area contributed by atoms with E-state index in [4.69, 9.17) is 10.5 Å². The fourth-order valence-corrected chi connectivity index (χ4v) is 2.19. The second-order valence-electron chi connectivity index (χ2n) is 4.16. The average molecular weight is 254 g/mol. The minimum absolute atomic E-state index is 0.790. The number of nitrogen functional groups attached to an aromatic ring is 1. The number of hydrogen-bond donors (Lipinski definition) is 1. The zero-order valence-electron chi connectivity index (χ0n) is 10.9. The molecule has 0 aliphatic rings. The topological polar surface area (TPSA) is 38.5 Å². The third-order valence-electron chi connectivity index (χ3n) is 2.63. The Morgan fingerprint density at radius 2 is 2.18 bits per heavy atom. The Bertz CT molecular complexity index is 344. The van der Waals surface area contributed by atoms with Crippen LogP contribution in [0, 0.1) is 0 Å². The molecule has 0 aromatic heterocycles. The van der Waals surface area contributed by atoms with Gasteiger partial charge in [0.05, 0.1) is 7.11 Å². The Kier molecular flexibility index (Phi) is 6.22. The highest BCUT2D eigenvalue weighted by atomic mass is 32.2. The maximum Gasteiger partial charge on any atom is 0.123 e. The van der Waals surface area contributed by atoms with Gasteiger partial charge >= 0.3 is 0 Å². The minimum atomic E-state index is 0.790. The first-order valence-corrected chi connectivity index (χ1v) is 7.16. The van der Waals surface area contributed by atoms with E-state index in [9.17, 15) is 0 Å². The van der Waals surface area contributed by atoms with Gasteiger partial charge < -0.3 is 15.4 Å². The first-order valence-electron chi connectivity index (χ1n) is 5.77. The lowest BCUT2D eigenvalue weighted by Gasteiger charge is -2.18. The third kappa shape index (κ3) is 4.88. The Morgan fingerprint density at radius 3 is 2.82 bits per heavy atom. The first-order chi connectivity index (χ1) is 8.17. The molecule has 3 nitrogen and oxygen atoms in total. The molecule has 0 saturated carbocycles. The van der Waals surface area contributed by atoms with Crippen molar-refractivity contribution in [2.75, 3.05) is 38.4 Å². The number of hydrogen-bond acceptors (Lipinski definition) is 4. The summed E-state index contributed by atoms with van der Waals surface area (Å²) in [4.78, 5) is 2.30. The molecule has 1 aromatic carbocycles. The van der Waals surface area contributed by atoms with Gasteiger partial charge in [-0.25, -0.2) is 0 Å². The predicted octanol–water partition coefficient (Wildman–Crippen LogP) is 2.46. The van der Waals surface area contributed by atoms with Crippen molar-refractivity contribution in [2.45, 2.75) is 13.0 Å². The Balaban J connectivity index is 2.57. The lowest BCUT2D eigenvalue weighted by Crippen LogP contribution is -2.20. The quantitative estimate of drug-likeness (QED) is 0.599. The Morgan fingerprint density at radius 1 is 1.41 bits per heavy atom. The van der Waals surface area contributed by atoms with Crippen LogP contribution < -0.4 is 10.5 Å². The number of anilines is 1. The van der Waals surface area contributed by atoms with E-state index in [1.807, 2.05) is 30.0 Å². The van der Waals surface area contributed by atoms with Crippen LogP contribution in [0.5, 0.6) is 5.75 Å². The van der Waals surface area contributed by atoms with Crippen molar-refractivity contribution in [1.82, 2.24) is 4.90 Å². The van der Waals surface area contributed by atoms with Crippen LogP contribution in [0.4, 0.5) is 5.69 Å². The van der Waals surface area contributed by atoms with E-state index < -0.39 is 0 Å². The number of rotatable bonds is 7. The molecule has 0 aliphatic heterocycles. The summed E-state index contributed by atoms with van der Waals surface area (Å²) in [7, 11) is 3.83. The van der Waals surface area contributed by atoms with Crippen molar-refractivity contribution in [3.8, 4) is 5.75 Å². The molecule has 0 aliphatic carbocycles. The third-order valence-corrected chi connectivity index (χ3v) is 3.33. The summed E-state index contributed by atoms with van der Waals surface area (Å²) in [5.74, 6) is 2.12. The summed E-state index contributed by atoms with van der Waals surface area (Å²) >= 11 is 1.89. The molecule has 96 valence electrons. The van der Waals surface area contributed by atoms with E-state index in [-0.39, 0.29) is 0 Å². The second-order valence-corrected chi connectivity index (χ2v) is 5.14. The highest BCUT2D eigenvalue weighted by molar-refractivity contribution is 7.98. The van der Waals surface area contributed by atoms with Gasteiger partial charge in [-0.1, -0.05) is 0 Å². The highest BCUT2D eigenvalue weighted by Gasteiger charge is 2.06. The lowest BCUT2D eigenvalue weighted by atomic mass is 10.1. The maximum atomic E-state index is 5.80. The molecular formula is C13H22N2OS. The lowest BCUT2D eigenvalue weighted by molar-refractivity contribution is 0.319. The first kappa shape index (κ1) is 14.2. The van der Waals surface area contributed by atoms with Crippen molar-refractivity contribution < 1.29 is 4.74 Å². The predicted molar refractivity (Wildman–Crippen MR) is 76.7 cm³/mol. The van der Waals surface area contributed by atoms with Crippen LogP contribution in [0.1, 0.15) is 12.0 Å². The van der Waals surface area contributed by atoms with E-state index in [0.717, 1.165) is 30.1 Å². The molecular weight excluding hydrogens is 232 g/mol. The molecule has 1 aromatic rings. The van der Waals surface area contributed by atoms with Crippen molar-refractivity contribution in [2.24, 2.45) is 0 Å². The number of ether oxygens (including phenoxy) is 1. The van der Waals surface area contributed by atoms with E-state index >= 15 is 0 Å². The van der Waals surface area contributed by atoms with Crippen LogP contribution in [-0.4, -0.2) is 37.6 Å². The van der Waals surface area contributed by atoms with Gasteiger partial charge in [0.2, 0.25) is 0 Å². The summed E-state index contributed by atoms with van der Waals surface area (Å²) in [6.45, 7) is 1.97. The standard InChI is InChI=1S/C13H22N2OS/c1-15(7-4-8-17-3)10-11-9-12(14)5-6-13(11)16-2/h5-6,9H,4,7-8,10,14H2,1-3H3. The molecule has 0 radical (unpaired) electrons. The normalized spacial score (nSPS) is 10.8. The summed E-state index contributed by atoms with van der Waals surface area (Å²) in [5.41, 5.74) is 7.74. The maximum absolute atomic E-state index is 5.80. The molecule has 2 N–H and O–H groups in total. The number of nitrogens with two attached hydrogens (primary N) is 1. The van der Waals surface area contributed by atoms with Gasteiger partial charge in [-0.15, -0.1) is 0 Å². The van der Waals surface area contributed by atoms with Gasteiger partial charge in [0, 0.05) is 17.8 Å². The monoisotopic (exact) mass is 254 g/mol. The summed E-state index contributed by atoms with van der Waals surface area (Å²) in [6.07, 6.45) is 3.35. The molecule has 0 atom stereocenters. The summed E-state index contributed by atoms with van der Waals surface area (Å²) < 4.78 is 5.34. The zero-order valence-corrected chi connectivity index (χ0v) is 11.7. The van der Waals surface area contributed by atoms with Crippen LogP contribution in [-0.2, 0) is 6.54 Å². The molecule has 0 spiro atoms. The van der Waals surface area contributed by atoms with Crippen LogP contribution in [0.25, 0.3) is 0 Å². The van der Waals surface area contributed by atoms with Gasteiger partial charge in [-0.3, -0.25) is 0 Å². The molecule has 0 bridgehead atoms. The van der Waals surface area contributed by atoms with E-state index in [1.54, 1.807) is 7.11 Å². The van der Waals surface area contributed by atoms with Gasteiger partial charge in [0.25, 0.3) is 0 Å². The summed E-state index contributed by atoms with van der Waals surface area (Å²) in [6, 6.07) is 5.79. The molecule has 4 heteroatoms. The minimum Gasteiger partial charge on any atom is -0.496 e. The van der Waals surface area contributed by atoms with E-state index in [1.165, 1.54) is 12.2 Å². The van der Waals surface area contributed by atoms with Crippen molar-refractivity contribution in [3.63, 3.8) is 0 Å². The molecule has 0 heterocycles. The van der Waals surface area contributed by atoms with Crippen LogP contribution in [0.2, 0.25) is 0 Å². The number of thioether (sulfide) groups is 1. The Labute approximate surface area is 108 Å². The summed E-state index contributed by atoms with van der Waals surface area (Å²) in [5, 5.41) is 0. The number of nitrogens with zero attached hydrogens (tertiary/aromatic N) is 1. The van der Waals surface area contributed by atoms with Gasteiger partial charge in [0.15, 0.2) is 0 Å². The molecule has 0 saturated heterocycles. The van der Waals surface area contributed by atoms with E-state index in [0.29, 0.717) is 0 Å². The molecule has 17 heavy (non-hydrogen) atoms. The van der Waals surface area contributed by atoms with Crippen molar-refractivity contribution in [3.05, 3.63) is 23.8 Å². The van der Waals surface area contributed by atoms with Crippen LogP contribution in [0.15, 0.2) is 18.2 Å². The fourth-order valence-electron chi connectivity index (χ4n) is 1.77. The number of methoxy groups -OCH3 is 1. The molecule has 1 rings (SSSR count). The SMILES string of the molecule is COc1ccc(N)cc1CN(C)CCCSC.